The maximum Gasteiger partial charge on any atom is 0.228 e. The molecule has 29 heavy (non-hydrogen) atoms. The summed E-state index contributed by atoms with van der Waals surface area (Å²) in [6.07, 6.45) is 0.243. The molecule has 6 heteroatoms. The Kier molecular flexibility index (Phi) is 5.43. The maximum absolute atomic E-state index is 13.3. The first kappa shape index (κ1) is 19.3. The summed E-state index contributed by atoms with van der Waals surface area (Å²) in [7, 11) is 2.05. The quantitative estimate of drug-likeness (QED) is 0.802. The van der Waals surface area contributed by atoms with Crippen molar-refractivity contribution >= 4 is 23.2 Å². The zero-order valence-corrected chi connectivity index (χ0v) is 17.0. The fourth-order valence-electron chi connectivity index (χ4n) is 4.20. The molecule has 4 rings (SSSR count). The highest BCUT2D eigenvalue weighted by molar-refractivity contribution is 6.01. The van der Waals surface area contributed by atoms with Gasteiger partial charge in [-0.05, 0) is 30.7 Å². The van der Waals surface area contributed by atoms with Crippen molar-refractivity contribution in [1.82, 2.24) is 4.90 Å². The number of rotatable bonds is 4. The molecular weight excluding hydrogens is 366 g/mol. The molecule has 1 saturated heterocycles. The van der Waals surface area contributed by atoms with Gasteiger partial charge in [-0.3, -0.25) is 9.59 Å². The highest BCUT2D eigenvalue weighted by atomic mass is 16.5. The Morgan fingerprint density at radius 1 is 1.07 bits per heavy atom. The number of benzene rings is 2. The van der Waals surface area contributed by atoms with Crippen molar-refractivity contribution < 1.29 is 14.3 Å². The Labute approximate surface area is 171 Å². The van der Waals surface area contributed by atoms with Gasteiger partial charge in [0.2, 0.25) is 11.8 Å². The largest absolute Gasteiger partial charge is 0.492 e. The van der Waals surface area contributed by atoms with E-state index >= 15 is 0 Å². The third kappa shape index (κ3) is 3.79. The Balaban J connectivity index is 1.52. The van der Waals surface area contributed by atoms with Crippen molar-refractivity contribution in [3.05, 3.63) is 54.1 Å². The lowest BCUT2D eigenvalue weighted by Crippen LogP contribution is -2.39. The van der Waals surface area contributed by atoms with Crippen LogP contribution in [-0.2, 0) is 16.1 Å². The van der Waals surface area contributed by atoms with E-state index in [0.717, 1.165) is 23.5 Å². The number of ether oxygens (including phenoxy) is 1. The summed E-state index contributed by atoms with van der Waals surface area (Å²) >= 11 is 0. The van der Waals surface area contributed by atoms with Crippen molar-refractivity contribution in [2.75, 3.05) is 43.1 Å². The summed E-state index contributed by atoms with van der Waals surface area (Å²) in [6, 6.07) is 15.7. The van der Waals surface area contributed by atoms with Crippen LogP contribution >= 0.6 is 0 Å². The molecular formula is C23H27N3O3. The van der Waals surface area contributed by atoms with Gasteiger partial charge in [0.25, 0.3) is 0 Å². The minimum Gasteiger partial charge on any atom is -0.492 e. The number of hydrogen-bond acceptors (Lipinski definition) is 4. The average Bonchev–Trinajstić information content (AvgIpc) is 3.04. The van der Waals surface area contributed by atoms with Crippen molar-refractivity contribution in [2.45, 2.75) is 19.9 Å². The fraction of sp³-hybridized carbons (Fsp3) is 0.391. The Hall–Kier alpha value is -3.02. The summed E-state index contributed by atoms with van der Waals surface area (Å²) < 4.78 is 5.68. The van der Waals surface area contributed by atoms with Gasteiger partial charge in [0.1, 0.15) is 5.75 Å². The van der Waals surface area contributed by atoms with Gasteiger partial charge in [0, 0.05) is 45.3 Å². The zero-order chi connectivity index (χ0) is 20.4. The molecule has 2 aromatic rings. The Morgan fingerprint density at radius 2 is 1.79 bits per heavy atom. The molecule has 0 spiro atoms. The Morgan fingerprint density at radius 3 is 2.59 bits per heavy atom. The van der Waals surface area contributed by atoms with Gasteiger partial charge in [0.05, 0.1) is 18.2 Å². The number of fused-ring (bicyclic) bond motifs is 1. The van der Waals surface area contributed by atoms with E-state index in [2.05, 4.69) is 24.1 Å². The van der Waals surface area contributed by atoms with Gasteiger partial charge in [-0.2, -0.15) is 0 Å². The summed E-state index contributed by atoms with van der Waals surface area (Å²) in [5.74, 6) is 0.386. The lowest BCUT2D eigenvalue weighted by Gasteiger charge is -2.24. The molecule has 1 fully saturated rings. The zero-order valence-electron chi connectivity index (χ0n) is 17.0. The normalized spacial score (nSPS) is 19.2. The molecule has 0 bridgehead atoms. The lowest BCUT2D eigenvalue weighted by molar-refractivity contribution is -0.136. The standard InChI is InChI=1S/C23H27N3O3/c1-3-29-21-11-7-6-10-20(21)26-16-18(14-22(26)27)23(28)25-13-12-24(2)19-9-5-4-8-17(19)15-25/h4-11,18H,3,12-16H2,1-2H3. The van der Waals surface area contributed by atoms with Crippen molar-refractivity contribution in [1.29, 1.82) is 0 Å². The molecule has 152 valence electrons. The van der Waals surface area contributed by atoms with E-state index in [1.165, 1.54) is 0 Å². The smallest absolute Gasteiger partial charge is 0.228 e. The fourth-order valence-corrected chi connectivity index (χ4v) is 4.20. The summed E-state index contributed by atoms with van der Waals surface area (Å²) in [6.45, 7) is 4.87. The van der Waals surface area contributed by atoms with Gasteiger partial charge in [-0.15, -0.1) is 0 Å². The third-order valence-corrected chi connectivity index (χ3v) is 5.71. The molecule has 2 aliphatic rings. The molecule has 2 aromatic carbocycles. The van der Waals surface area contributed by atoms with Gasteiger partial charge < -0.3 is 19.4 Å². The second-order valence-electron chi connectivity index (χ2n) is 7.62. The second kappa shape index (κ2) is 8.15. The highest BCUT2D eigenvalue weighted by Gasteiger charge is 2.38. The highest BCUT2D eigenvalue weighted by Crippen LogP contribution is 2.34. The maximum atomic E-state index is 13.3. The molecule has 2 amide bonds. The first-order valence-electron chi connectivity index (χ1n) is 10.2. The molecule has 2 aliphatic heterocycles. The third-order valence-electron chi connectivity index (χ3n) is 5.71. The number of amides is 2. The number of nitrogens with zero attached hydrogens (tertiary/aromatic N) is 3. The van der Waals surface area contributed by atoms with Crippen LogP contribution in [0.25, 0.3) is 0 Å². The molecule has 0 radical (unpaired) electrons. The van der Waals surface area contributed by atoms with Crippen molar-refractivity contribution in [2.24, 2.45) is 5.92 Å². The molecule has 6 nitrogen and oxygen atoms in total. The van der Waals surface area contributed by atoms with Gasteiger partial charge in [-0.1, -0.05) is 30.3 Å². The van der Waals surface area contributed by atoms with Crippen LogP contribution in [0.1, 0.15) is 18.9 Å². The molecule has 1 atom stereocenters. The first-order valence-corrected chi connectivity index (χ1v) is 10.2. The van der Waals surface area contributed by atoms with Crippen LogP contribution in [0.15, 0.2) is 48.5 Å². The number of carbonyl (C=O) groups is 2. The van der Waals surface area contributed by atoms with Crippen LogP contribution in [0.2, 0.25) is 0 Å². The van der Waals surface area contributed by atoms with Crippen molar-refractivity contribution in [3.63, 3.8) is 0 Å². The van der Waals surface area contributed by atoms with Crippen LogP contribution in [0, 0.1) is 5.92 Å². The molecule has 1 unspecified atom stereocenters. The number of likely N-dealkylation sites (N-methyl/N-ethyl adjacent to an activating group) is 1. The monoisotopic (exact) mass is 393 g/mol. The molecule has 0 saturated carbocycles. The van der Waals surface area contributed by atoms with E-state index in [-0.39, 0.29) is 24.2 Å². The predicted molar refractivity (Wildman–Crippen MR) is 113 cm³/mol. The SMILES string of the molecule is CCOc1ccccc1N1CC(C(=O)N2CCN(C)c3ccccc3C2)CC1=O. The number of hydrogen-bond donors (Lipinski definition) is 0. The van der Waals surface area contributed by atoms with E-state index in [4.69, 9.17) is 4.74 Å². The van der Waals surface area contributed by atoms with Crippen LogP contribution in [-0.4, -0.2) is 50.0 Å². The van der Waals surface area contributed by atoms with E-state index < -0.39 is 0 Å². The summed E-state index contributed by atoms with van der Waals surface area (Å²) in [5, 5.41) is 0. The van der Waals surface area contributed by atoms with Crippen LogP contribution in [0.4, 0.5) is 11.4 Å². The number of carbonyl (C=O) groups excluding carboxylic acids is 2. The van der Waals surface area contributed by atoms with E-state index in [1.807, 2.05) is 48.2 Å². The number of para-hydroxylation sites is 3. The van der Waals surface area contributed by atoms with Crippen LogP contribution < -0.4 is 14.5 Å². The molecule has 0 aliphatic carbocycles. The molecule has 2 heterocycles. The van der Waals surface area contributed by atoms with E-state index in [0.29, 0.717) is 32.0 Å². The predicted octanol–water partition coefficient (Wildman–Crippen LogP) is 2.92. The Bertz CT molecular complexity index is 914. The van der Waals surface area contributed by atoms with Crippen LogP contribution in [0.5, 0.6) is 5.75 Å². The van der Waals surface area contributed by atoms with Gasteiger partial charge >= 0.3 is 0 Å². The van der Waals surface area contributed by atoms with Crippen molar-refractivity contribution in [3.8, 4) is 5.75 Å². The molecule has 0 N–H and O–H groups in total. The summed E-state index contributed by atoms with van der Waals surface area (Å²) in [5.41, 5.74) is 3.05. The van der Waals surface area contributed by atoms with Crippen LogP contribution in [0.3, 0.4) is 0 Å². The first-order chi connectivity index (χ1) is 14.1. The summed E-state index contributed by atoms with van der Waals surface area (Å²) in [4.78, 5) is 31.8. The molecule has 0 aromatic heterocycles. The number of anilines is 2. The minimum atomic E-state index is -0.326. The topological polar surface area (TPSA) is 53.1 Å². The van der Waals surface area contributed by atoms with E-state index in [1.54, 1.807) is 4.90 Å². The lowest BCUT2D eigenvalue weighted by atomic mass is 10.1. The van der Waals surface area contributed by atoms with Gasteiger partial charge in [-0.25, -0.2) is 0 Å². The second-order valence-corrected chi connectivity index (χ2v) is 7.62. The van der Waals surface area contributed by atoms with E-state index in [9.17, 15) is 9.59 Å². The van der Waals surface area contributed by atoms with Gasteiger partial charge in [0.15, 0.2) is 0 Å². The minimum absolute atomic E-state index is 0.0251. The average molecular weight is 393 g/mol.